The van der Waals surface area contributed by atoms with Crippen LogP contribution in [-0.2, 0) is 4.79 Å². The van der Waals surface area contributed by atoms with Gasteiger partial charge in [0.05, 0.1) is 0 Å². The standard InChI is InChI=1S/C2H4O2.2C2H5.Bi.H/c1-2(3)4;2*1-2;;/h1H3,(H,3,4);2*1H2,2H3;;. The van der Waals surface area contributed by atoms with Gasteiger partial charge in [0, 0.05) is 6.92 Å². The summed E-state index contributed by atoms with van der Waals surface area (Å²) in [5.41, 5.74) is 0. The molecule has 0 radical (unpaired) electrons. The third-order valence-corrected chi connectivity index (χ3v) is 4.39. The molecular formula is C6H15BiO2. The van der Waals surface area contributed by atoms with Crippen LogP contribution in [0.15, 0.2) is 0 Å². The van der Waals surface area contributed by atoms with Crippen molar-refractivity contribution in [2.24, 2.45) is 0 Å². The average Bonchev–Trinajstić information content (AvgIpc) is 1.66. The second kappa shape index (κ2) is 11.2. The molecule has 0 aliphatic rings. The van der Waals surface area contributed by atoms with Crippen molar-refractivity contribution in [3.8, 4) is 0 Å². The summed E-state index contributed by atoms with van der Waals surface area (Å²) in [5, 5.41) is 7.42. The van der Waals surface area contributed by atoms with Gasteiger partial charge in [0.25, 0.3) is 5.97 Å². The summed E-state index contributed by atoms with van der Waals surface area (Å²) in [6, 6.07) is 0. The Kier molecular flexibility index (Phi) is 15.0. The molecule has 9 heavy (non-hydrogen) atoms. The Morgan fingerprint density at radius 1 is 1.44 bits per heavy atom. The number of carboxylic acids is 1. The fourth-order valence-electron chi connectivity index (χ4n) is 0.250. The van der Waals surface area contributed by atoms with Crippen molar-refractivity contribution in [1.29, 1.82) is 0 Å². The van der Waals surface area contributed by atoms with Gasteiger partial charge in [-0.15, -0.1) is 0 Å². The second-order valence-corrected chi connectivity index (χ2v) is 8.92. The number of hydrogen-bond donors (Lipinski definition) is 1. The minimum atomic E-state index is -0.833. The van der Waals surface area contributed by atoms with Gasteiger partial charge < -0.3 is 5.11 Å². The van der Waals surface area contributed by atoms with E-state index in [0.29, 0.717) is 0 Å². The molecule has 2 nitrogen and oxygen atoms in total. The molecule has 56 valence electrons. The van der Waals surface area contributed by atoms with Crippen molar-refractivity contribution >= 4 is 29.2 Å². The number of carboxylic acid groups (broad SMARTS) is 1. The van der Waals surface area contributed by atoms with Crippen LogP contribution in [0.5, 0.6) is 0 Å². The zero-order valence-corrected chi connectivity index (χ0v) is 10.2. The molecular weight excluding hydrogens is 313 g/mol. The van der Waals surface area contributed by atoms with Crippen molar-refractivity contribution in [2.45, 2.75) is 29.0 Å². The van der Waals surface area contributed by atoms with Crippen molar-refractivity contribution in [3.63, 3.8) is 0 Å². The molecule has 0 fully saturated rings. The number of rotatable bonds is 2. The molecule has 0 atom stereocenters. The Morgan fingerprint density at radius 2 is 1.67 bits per heavy atom. The van der Waals surface area contributed by atoms with Crippen molar-refractivity contribution < 1.29 is 9.90 Å². The molecule has 0 aliphatic heterocycles. The molecule has 0 spiro atoms. The first kappa shape index (κ1) is 12.1. The Hall–Kier alpha value is 0.353. The van der Waals surface area contributed by atoms with Crippen LogP contribution in [0.4, 0.5) is 0 Å². The summed E-state index contributed by atoms with van der Waals surface area (Å²) in [4.78, 5) is 9.00. The van der Waals surface area contributed by atoms with E-state index in [-0.39, 0.29) is 23.2 Å². The van der Waals surface area contributed by atoms with Gasteiger partial charge in [-0.1, -0.05) is 0 Å². The Bertz CT molecular complexity index is 58.1. The average molecular weight is 328 g/mol. The molecule has 0 aliphatic carbocycles. The van der Waals surface area contributed by atoms with Crippen LogP contribution < -0.4 is 0 Å². The van der Waals surface area contributed by atoms with E-state index < -0.39 is 5.97 Å². The predicted octanol–water partition coefficient (Wildman–Crippen LogP) is 1.39. The minimum absolute atomic E-state index is 0.0494. The van der Waals surface area contributed by atoms with Gasteiger partial charge >= 0.3 is 45.3 Å². The third-order valence-electron chi connectivity index (χ3n) is 0.500. The molecule has 0 aromatic heterocycles. The fourth-order valence-corrected chi connectivity index (χ4v) is 2.19. The quantitative estimate of drug-likeness (QED) is 0.778. The SMILES string of the molecule is CC(=O)O.C[CH2][BiH][CH2]C. The zero-order valence-electron chi connectivity index (χ0n) is 6.27. The Morgan fingerprint density at radius 3 is 1.67 bits per heavy atom. The topological polar surface area (TPSA) is 37.3 Å². The molecule has 0 aromatic carbocycles. The van der Waals surface area contributed by atoms with E-state index in [1.54, 1.807) is 0 Å². The fraction of sp³-hybridized carbons (Fsp3) is 0.833. The van der Waals surface area contributed by atoms with E-state index in [9.17, 15) is 0 Å². The van der Waals surface area contributed by atoms with Gasteiger partial charge in [-0.2, -0.15) is 0 Å². The Labute approximate surface area is 68.2 Å². The first-order valence-corrected chi connectivity index (χ1v) is 8.55. The molecule has 0 aromatic rings. The van der Waals surface area contributed by atoms with Crippen LogP contribution in [0.2, 0.25) is 8.26 Å². The molecule has 0 unspecified atom stereocenters. The Balaban J connectivity index is 0. The van der Waals surface area contributed by atoms with Crippen molar-refractivity contribution in [2.75, 3.05) is 0 Å². The molecule has 0 bridgehead atoms. The molecule has 0 amide bonds. The van der Waals surface area contributed by atoms with E-state index in [1.807, 2.05) is 0 Å². The van der Waals surface area contributed by atoms with Crippen LogP contribution in [0.1, 0.15) is 20.8 Å². The maximum absolute atomic E-state index is 9.00. The van der Waals surface area contributed by atoms with E-state index in [0.717, 1.165) is 6.92 Å². The van der Waals surface area contributed by atoms with Crippen LogP contribution in [-0.4, -0.2) is 34.3 Å². The molecule has 0 rings (SSSR count). The second-order valence-electron chi connectivity index (χ2n) is 1.48. The van der Waals surface area contributed by atoms with Gasteiger partial charge in [-0.05, 0) is 0 Å². The molecule has 0 saturated carbocycles. The van der Waals surface area contributed by atoms with Gasteiger partial charge in [-0.25, -0.2) is 0 Å². The summed E-state index contributed by atoms with van der Waals surface area (Å²) in [6.45, 7) is 5.68. The zero-order chi connectivity index (χ0) is 7.70. The van der Waals surface area contributed by atoms with Crippen LogP contribution >= 0.6 is 0 Å². The van der Waals surface area contributed by atoms with Gasteiger partial charge in [0.1, 0.15) is 0 Å². The first-order chi connectivity index (χ1) is 4.15. The van der Waals surface area contributed by atoms with Crippen LogP contribution in [0, 0.1) is 0 Å². The van der Waals surface area contributed by atoms with E-state index >= 15 is 0 Å². The number of hydrogen-bond acceptors (Lipinski definition) is 1. The molecule has 0 saturated heterocycles. The van der Waals surface area contributed by atoms with E-state index in [4.69, 9.17) is 9.90 Å². The third kappa shape index (κ3) is 60.9. The van der Waals surface area contributed by atoms with Gasteiger partial charge in [0.15, 0.2) is 0 Å². The molecule has 0 heterocycles. The molecule has 1 N–H and O–H groups in total. The first-order valence-electron chi connectivity index (χ1n) is 3.05. The summed E-state index contributed by atoms with van der Waals surface area (Å²) < 4.78 is 3.08. The van der Waals surface area contributed by atoms with Gasteiger partial charge in [-0.3, -0.25) is 4.79 Å². The van der Waals surface area contributed by atoms with E-state index in [2.05, 4.69) is 13.8 Å². The summed E-state index contributed by atoms with van der Waals surface area (Å²) in [7, 11) is 0. The van der Waals surface area contributed by atoms with Crippen LogP contribution in [0.3, 0.4) is 0 Å². The molecule has 3 heteroatoms. The number of aliphatic carboxylic acids is 1. The summed E-state index contributed by atoms with van der Waals surface area (Å²) >= 11 is 0.0494. The van der Waals surface area contributed by atoms with Gasteiger partial charge in [0.2, 0.25) is 0 Å². The summed E-state index contributed by atoms with van der Waals surface area (Å²) in [5.74, 6) is -0.833. The predicted molar refractivity (Wildman–Crippen MR) is 41.4 cm³/mol. The normalized spacial score (nSPS) is 7.44. The van der Waals surface area contributed by atoms with Crippen molar-refractivity contribution in [3.05, 3.63) is 0 Å². The maximum atomic E-state index is 9.00. The van der Waals surface area contributed by atoms with Crippen LogP contribution in [0.25, 0.3) is 0 Å². The van der Waals surface area contributed by atoms with Crippen molar-refractivity contribution in [1.82, 2.24) is 0 Å². The van der Waals surface area contributed by atoms with E-state index in [1.165, 1.54) is 8.26 Å². The monoisotopic (exact) mass is 328 g/mol. The summed E-state index contributed by atoms with van der Waals surface area (Å²) in [6.07, 6.45) is 0. The number of carbonyl (C=O) groups is 1.